The SMILES string of the molecule is OC1CCCn2c(Cc3ccccc3Cl)nnc21. The Balaban J connectivity index is 1.92. The van der Waals surface area contributed by atoms with E-state index in [0.717, 1.165) is 35.8 Å². The van der Waals surface area contributed by atoms with Crippen LogP contribution in [0.25, 0.3) is 0 Å². The van der Waals surface area contributed by atoms with E-state index in [1.807, 2.05) is 28.8 Å². The molecular formula is C13H14ClN3O. The van der Waals surface area contributed by atoms with E-state index in [4.69, 9.17) is 11.6 Å². The highest BCUT2D eigenvalue weighted by Gasteiger charge is 2.23. The average molecular weight is 264 g/mol. The molecule has 1 aliphatic rings. The van der Waals surface area contributed by atoms with E-state index in [2.05, 4.69) is 10.2 Å². The largest absolute Gasteiger partial charge is 0.385 e. The number of aliphatic hydroxyl groups excluding tert-OH is 1. The van der Waals surface area contributed by atoms with Gasteiger partial charge in [-0.1, -0.05) is 29.8 Å². The number of benzene rings is 1. The van der Waals surface area contributed by atoms with Crippen molar-refractivity contribution in [3.8, 4) is 0 Å². The standard InChI is InChI=1S/C13H14ClN3O/c14-10-5-2-1-4-9(10)8-12-15-16-13-11(18)6-3-7-17(12)13/h1-2,4-5,11,18H,3,6-8H2. The third kappa shape index (κ3) is 2.02. The van der Waals surface area contributed by atoms with Crippen molar-refractivity contribution in [2.24, 2.45) is 0 Å². The molecule has 0 saturated heterocycles. The highest BCUT2D eigenvalue weighted by Crippen LogP contribution is 2.25. The molecule has 0 aliphatic carbocycles. The summed E-state index contributed by atoms with van der Waals surface area (Å²) in [6, 6.07) is 7.74. The molecule has 3 rings (SSSR count). The van der Waals surface area contributed by atoms with Crippen molar-refractivity contribution < 1.29 is 5.11 Å². The van der Waals surface area contributed by atoms with Crippen molar-refractivity contribution >= 4 is 11.6 Å². The molecule has 94 valence electrons. The van der Waals surface area contributed by atoms with Gasteiger partial charge < -0.3 is 9.67 Å². The fourth-order valence-corrected chi connectivity index (χ4v) is 2.56. The lowest BCUT2D eigenvalue weighted by molar-refractivity contribution is 0.133. The van der Waals surface area contributed by atoms with Gasteiger partial charge in [-0.05, 0) is 24.5 Å². The lowest BCUT2D eigenvalue weighted by Gasteiger charge is -2.19. The monoisotopic (exact) mass is 263 g/mol. The van der Waals surface area contributed by atoms with Crippen LogP contribution in [0.3, 0.4) is 0 Å². The zero-order valence-corrected chi connectivity index (χ0v) is 10.6. The normalized spacial score (nSPS) is 18.7. The molecule has 1 aromatic heterocycles. The van der Waals surface area contributed by atoms with Crippen LogP contribution < -0.4 is 0 Å². The van der Waals surface area contributed by atoms with E-state index >= 15 is 0 Å². The first-order valence-electron chi connectivity index (χ1n) is 6.09. The van der Waals surface area contributed by atoms with Gasteiger partial charge in [0.05, 0.1) is 0 Å². The third-order valence-electron chi connectivity index (χ3n) is 3.32. The Morgan fingerprint density at radius 3 is 3.00 bits per heavy atom. The smallest absolute Gasteiger partial charge is 0.161 e. The van der Waals surface area contributed by atoms with Crippen LogP contribution in [-0.4, -0.2) is 19.9 Å². The molecule has 18 heavy (non-hydrogen) atoms. The molecule has 4 nitrogen and oxygen atoms in total. The molecule has 0 amide bonds. The van der Waals surface area contributed by atoms with Crippen molar-refractivity contribution in [2.45, 2.75) is 31.9 Å². The first-order chi connectivity index (χ1) is 8.75. The Kier molecular flexibility index (Phi) is 3.06. The summed E-state index contributed by atoms with van der Waals surface area (Å²) in [6.07, 6.45) is 1.90. The second kappa shape index (κ2) is 4.71. The van der Waals surface area contributed by atoms with Crippen LogP contribution in [0, 0.1) is 0 Å². The molecular weight excluding hydrogens is 250 g/mol. The molecule has 1 aromatic carbocycles. The van der Waals surface area contributed by atoms with Gasteiger partial charge in [-0.15, -0.1) is 10.2 Å². The number of aliphatic hydroxyl groups is 1. The summed E-state index contributed by atoms with van der Waals surface area (Å²) in [6.45, 7) is 0.874. The molecule has 1 N–H and O–H groups in total. The van der Waals surface area contributed by atoms with Gasteiger partial charge in [0, 0.05) is 18.0 Å². The molecule has 1 unspecified atom stereocenters. The number of rotatable bonds is 2. The van der Waals surface area contributed by atoms with Gasteiger partial charge >= 0.3 is 0 Å². The number of hydrogen-bond acceptors (Lipinski definition) is 3. The quantitative estimate of drug-likeness (QED) is 0.905. The van der Waals surface area contributed by atoms with Gasteiger partial charge in [0.15, 0.2) is 5.82 Å². The summed E-state index contributed by atoms with van der Waals surface area (Å²) < 4.78 is 2.01. The molecule has 5 heteroatoms. The fraction of sp³-hybridized carbons (Fsp3) is 0.385. The van der Waals surface area contributed by atoms with Crippen LogP contribution in [0.5, 0.6) is 0 Å². The van der Waals surface area contributed by atoms with E-state index in [1.54, 1.807) is 0 Å². The summed E-state index contributed by atoms with van der Waals surface area (Å²) in [5, 5.41) is 18.9. The second-order valence-electron chi connectivity index (χ2n) is 4.55. The number of fused-ring (bicyclic) bond motifs is 1. The third-order valence-corrected chi connectivity index (χ3v) is 3.69. The van der Waals surface area contributed by atoms with Crippen molar-refractivity contribution in [3.05, 3.63) is 46.5 Å². The summed E-state index contributed by atoms with van der Waals surface area (Å²) in [7, 11) is 0. The summed E-state index contributed by atoms with van der Waals surface area (Å²) in [5.74, 6) is 1.56. The molecule has 0 spiro atoms. The maximum absolute atomic E-state index is 9.85. The molecule has 0 radical (unpaired) electrons. The van der Waals surface area contributed by atoms with Gasteiger partial charge in [-0.2, -0.15) is 0 Å². The van der Waals surface area contributed by atoms with Gasteiger partial charge in [-0.25, -0.2) is 0 Å². The number of nitrogens with zero attached hydrogens (tertiary/aromatic N) is 3. The first kappa shape index (κ1) is 11.7. The minimum atomic E-state index is -0.480. The second-order valence-corrected chi connectivity index (χ2v) is 4.96. The zero-order valence-electron chi connectivity index (χ0n) is 9.88. The Morgan fingerprint density at radius 2 is 2.17 bits per heavy atom. The average Bonchev–Trinajstić information content (AvgIpc) is 2.77. The van der Waals surface area contributed by atoms with Gasteiger partial charge in [0.1, 0.15) is 11.9 Å². The number of hydrogen-bond donors (Lipinski definition) is 1. The minimum Gasteiger partial charge on any atom is -0.385 e. The summed E-state index contributed by atoms with van der Waals surface area (Å²) in [4.78, 5) is 0. The highest BCUT2D eigenvalue weighted by atomic mass is 35.5. The predicted octanol–water partition coefficient (Wildman–Crippen LogP) is 2.35. The van der Waals surface area contributed by atoms with E-state index < -0.39 is 6.10 Å². The van der Waals surface area contributed by atoms with Crippen molar-refractivity contribution in [1.29, 1.82) is 0 Å². The maximum Gasteiger partial charge on any atom is 0.161 e. The summed E-state index contributed by atoms with van der Waals surface area (Å²) in [5.41, 5.74) is 1.04. The molecule has 1 atom stereocenters. The van der Waals surface area contributed by atoms with E-state index in [1.165, 1.54) is 0 Å². The predicted molar refractivity (Wildman–Crippen MR) is 68.5 cm³/mol. The van der Waals surface area contributed by atoms with Crippen LogP contribution >= 0.6 is 11.6 Å². The fourth-order valence-electron chi connectivity index (χ4n) is 2.35. The van der Waals surface area contributed by atoms with Crippen LogP contribution in [0.2, 0.25) is 5.02 Å². The van der Waals surface area contributed by atoms with E-state index in [-0.39, 0.29) is 0 Å². The maximum atomic E-state index is 9.85. The van der Waals surface area contributed by atoms with Crippen LogP contribution in [0.15, 0.2) is 24.3 Å². The number of halogens is 1. The van der Waals surface area contributed by atoms with E-state index in [9.17, 15) is 5.11 Å². The molecule has 0 fully saturated rings. The molecule has 0 bridgehead atoms. The van der Waals surface area contributed by atoms with Crippen LogP contribution in [-0.2, 0) is 13.0 Å². The van der Waals surface area contributed by atoms with Crippen LogP contribution in [0.4, 0.5) is 0 Å². The lowest BCUT2D eigenvalue weighted by Crippen LogP contribution is -2.17. The first-order valence-corrected chi connectivity index (χ1v) is 6.47. The van der Waals surface area contributed by atoms with Crippen molar-refractivity contribution in [1.82, 2.24) is 14.8 Å². The Hall–Kier alpha value is -1.39. The van der Waals surface area contributed by atoms with Gasteiger partial charge in [0.25, 0.3) is 0 Å². The Morgan fingerprint density at radius 1 is 1.33 bits per heavy atom. The summed E-state index contributed by atoms with van der Waals surface area (Å²) >= 11 is 6.15. The minimum absolute atomic E-state index is 0.480. The topological polar surface area (TPSA) is 50.9 Å². The molecule has 2 heterocycles. The van der Waals surface area contributed by atoms with Crippen molar-refractivity contribution in [3.63, 3.8) is 0 Å². The molecule has 2 aromatic rings. The Bertz CT molecular complexity index is 567. The zero-order chi connectivity index (χ0) is 12.5. The van der Waals surface area contributed by atoms with Gasteiger partial charge in [0.2, 0.25) is 0 Å². The highest BCUT2D eigenvalue weighted by molar-refractivity contribution is 6.31. The Labute approximate surface area is 110 Å². The number of aromatic nitrogens is 3. The lowest BCUT2D eigenvalue weighted by atomic mass is 10.1. The van der Waals surface area contributed by atoms with Gasteiger partial charge in [-0.3, -0.25) is 0 Å². The molecule has 1 aliphatic heterocycles. The molecule has 0 saturated carbocycles. The van der Waals surface area contributed by atoms with Crippen LogP contribution in [0.1, 0.15) is 36.2 Å². The van der Waals surface area contributed by atoms with Crippen molar-refractivity contribution in [2.75, 3.05) is 0 Å². The van der Waals surface area contributed by atoms with E-state index in [0.29, 0.717) is 12.2 Å².